The Hall–Kier alpha value is -2.82. The summed E-state index contributed by atoms with van der Waals surface area (Å²) in [5.41, 5.74) is 5.08. The molecule has 5 heteroatoms. The van der Waals surface area contributed by atoms with Gasteiger partial charge in [0, 0.05) is 38.4 Å². The van der Waals surface area contributed by atoms with Gasteiger partial charge in [-0.2, -0.15) is 0 Å². The number of carbonyl (C=O) groups excluding carboxylic acids is 2. The van der Waals surface area contributed by atoms with Gasteiger partial charge in [-0.1, -0.05) is 24.3 Å². The quantitative estimate of drug-likeness (QED) is 0.924. The van der Waals surface area contributed by atoms with Gasteiger partial charge in [0.05, 0.1) is 12.5 Å². The first kappa shape index (κ1) is 16.6. The molecule has 2 aromatic carbocycles. The lowest BCUT2D eigenvalue weighted by Gasteiger charge is -2.40. The van der Waals surface area contributed by atoms with E-state index >= 15 is 0 Å². The van der Waals surface area contributed by atoms with Gasteiger partial charge in [0.25, 0.3) is 5.91 Å². The Kier molecular flexibility index (Phi) is 4.15. The standard InChI is InChI=1S/C21H23N3O2/c1-23(2)16-8-6-14(7-9-16)12-19(25)24-11-10-15-4-3-5-17-20(15)18(24)13-22-21(17)26/h3-9,18H,10-13H2,1-2H3,(H,22,26). The van der Waals surface area contributed by atoms with E-state index in [2.05, 4.69) is 11.4 Å². The molecule has 0 radical (unpaired) electrons. The van der Waals surface area contributed by atoms with Crippen molar-refractivity contribution < 1.29 is 9.59 Å². The van der Waals surface area contributed by atoms with Crippen LogP contribution in [0, 0.1) is 0 Å². The molecule has 0 saturated carbocycles. The number of benzene rings is 2. The molecular formula is C21H23N3O2. The first-order valence-corrected chi connectivity index (χ1v) is 9.00. The zero-order valence-corrected chi connectivity index (χ0v) is 15.2. The fourth-order valence-corrected chi connectivity index (χ4v) is 3.96. The van der Waals surface area contributed by atoms with E-state index in [9.17, 15) is 9.59 Å². The van der Waals surface area contributed by atoms with E-state index in [1.807, 2.05) is 60.3 Å². The Morgan fingerprint density at radius 1 is 1.19 bits per heavy atom. The normalized spacial score (nSPS) is 18.2. The van der Waals surface area contributed by atoms with Gasteiger partial charge in [0.15, 0.2) is 0 Å². The third kappa shape index (κ3) is 2.83. The predicted molar refractivity (Wildman–Crippen MR) is 101 cm³/mol. The van der Waals surface area contributed by atoms with Crippen molar-refractivity contribution in [2.75, 3.05) is 32.1 Å². The molecule has 0 aliphatic carbocycles. The van der Waals surface area contributed by atoms with Crippen molar-refractivity contribution in [1.29, 1.82) is 0 Å². The largest absolute Gasteiger partial charge is 0.378 e. The highest BCUT2D eigenvalue weighted by Crippen LogP contribution is 2.35. The first-order chi connectivity index (χ1) is 12.5. The second-order valence-electron chi connectivity index (χ2n) is 7.18. The minimum atomic E-state index is -0.0544. The number of carbonyl (C=O) groups is 2. The molecule has 2 aliphatic rings. The van der Waals surface area contributed by atoms with E-state index in [0.717, 1.165) is 23.2 Å². The molecule has 0 spiro atoms. The summed E-state index contributed by atoms with van der Waals surface area (Å²) in [5.74, 6) is 0.0795. The van der Waals surface area contributed by atoms with E-state index in [1.165, 1.54) is 5.56 Å². The highest BCUT2D eigenvalue weighted by atomic mass is 16.2. The van der Waals surface area contributed by atoms with Crippen LogP contribution in [0.4, 0.5) is 5.69 Å². The Morgan fingerprint density at radius 3 is 2.69 bits per heavy atom. The maximum Gasteiger partial charge on any atom is 0.251 e. The number of rotatable bonds is 3. The van der Waals surface area contributed by atoms with Gasteiger partial charge in [-0.05, 0) is 41.3 Å². The van der Waals surface area contributed by atoms with E-state index < -0.39 is 0 Å². The van der Waals surface area contributed by atoms with Crippen molar-refractivity contribution in [2.24, 2.45) is 0 Å². The van der Waals surface area contributed by atoms with Crippen LogP contribution >= 0.6 is 0 Å². The van der Waals surface area contributed by atoms with Crippen LogP contribution in [0.25, 0.3) is 0 Å². The van der Waals surface area contributed by atoms with Crippen LogP contribution in [0.3, 0.4) is 0 Å². The zero-order valence-electron chi connectivity index (χ0n) is 15.2. The Labute approximate surface area is 153 Å². The van der Waals surface area contributed by atoms with Gasteiger partial charge < -0.3 is 15.1 Å². The highest BCUT2D eigenvalue weighted by molar-refractivity contribution is 5.98. The third-order valence-corrected chi connectivity index (χ3v) is 5.36. The summed E-state index contributed by atoms with van der Waals surface area (Å²) in [6.45, 7) is 1.19. The van der Waals surface area contributed by atoms with Crippen LogP contribution < -0.4 is 10.2 Å². The van der Waals surface area contributed by atoms with Gasteiger partial charge in [-0.15, -0.1) is 0 Å². The summed E-state index contributed by atoms with van der Waals surface area (Å²) < 4.78 is 0. The molecule has 2 aromatic rings. The fraction of sp³-hybridized carbons (Fsp3) is 0.333. The molecule has 0 saturated heterocycles. The molecule has 5 nitrogen and oxygen atoms in total. The van der Waals surface area contributed by atoms with E-state index in [-0.39, 0.29) is 17.9 Å². The molecule has 0 bridgehead atoms. The van der Waals surface area contributed by atoms with Crippen molar-refractivity contribution in [1.82, 2.24) is 10.2 Å². The molecular weight excluding hydrogens is 326 g/mol. The topological polar surface area (TPSA) is 52.7 Å². The summed E-state index contributed by atoms with van der Waals surface area (Å²) in [4.78, 5) is 29.1. The molecule has 0 aromatic heterocycles. The van der Waals surface area contributed by atoms with Crippen LogP contribution in [0.15, 0.2) is 42.5 Å². The molecule has 1 N–H and O–H groups in total. The Balaban J connectivity index is 1.56. The number of nitrogens with zero attached hydrogens (tertiary/aromatic N) is 2. The average molecular weight is 349 g/mol. The lowest BCUT2D eigenvalue weighted by molar-refractivity contribution is -0.133. The molecule has 134 valence electrons. The molecule has 2 heterocycles. The number of hydrogen-bond donors (Lipinski definition) is 1. The van der Waals surface area contributed by atoms with Crippen LogP contribution in [-0.2, 0) is 17.6 Å². The van der Waals surface area contributed by atoms with Crippen molar-refractivity contribution in [3.05, 3.63) is 64.7 Å². The number of anilines is 1. The van der Waals surface area contributed by atoms with Crippen molar-refractivity contribution >= 4 is 17.5 Å². The third-order valence-electron chi connectivity index (χ3n) is 5.36. The van der Waals surface area contributed by atoms with Crippen LogP contribution in [0.2, 0.25) is 0 Å². The maximum absolute atomic E-state index is 13.0. The number of amides is 2. The summed E-state index contributed by atoms with van der Waals surface area (Å²) >= 11 is 0. The van der Waals surface area contributed by atoms with Crippen LogP contribution in [0.5, 0.6) is 0 Å². The number of nitrogens with one attached hydrogen (secondary N) is 1. The van der Waals surface area contributed by atoms with Crippen LogP contribution in [-0.4, -0.2) is 43.9 Å². The van der Waals surface area contributed by atoms with Gasteiger partial charge >= 0.3 is 0 Å². The molecule has 2 aliphatic heterocycles. The summed E-state index contributed by atoms with van der Waals surface area (Å²) in [7, 11) is 4.00. The summed E-state index contributed by atoms with van der Waals surface area (Å²) in [6.07, 6.45) is 1.19. The highest BCUT2D eigenvalue weighted by Gasteiger charge is 2.36. The monoisotopic (exact) mass is 349 g/mol. The zero-order chi connectivity index (χ0) is 18.3. The lowest BCUT2D eigenvalue weighted by Crippen LogP contribution is -2.49. The minimum absolute atomic E-state index is 0.0355. The Bertz CT molecular complexity index is 858. The van der Waals surface area contributed by atoms with Gasteiger partial charge in [-0.25, -0.2) is 0 Å². The molecule has 26 heavy (non-hydrogen) atoms. The maximum atomic E-state index is 13.0. The van der Waals surface area contributed by atoms with E-state index in [0.29, 0.717) is 25.1 Å². The van der Waals surface area contributed by atoms with Gasteiger partial charge in [0.2, 0.25) is 5.91 Å². The van der Waals surface area contributed by atoms with Gasteiger partial charge in [-0.3, -0.25) is 9.59 Å². The van der Waals surface area contributed by atoms with Crippen molar-refractivity contribution in [3.8, 4) is 0 Å². The summed E-state index contributed by atoms with van der Waals surface area (Å²) in [6, 6.07) is 13.9. The predicted octanol–water partition coefficient (Wildman–Crippen LogP) is 2.16. The van der Waals surface area contributed by atoms with Gasteiger partial charge in [0.1, 0.15) is 0 Å². The van der Waals surface area contributed by atoms with E-state index in [4.69, 9.17) is 0 Å². The van der Waals surface area contributed by atoms with Crippen LogP contribution in [0.1, 0.15) is 33.1 Å². The molecule has 1 atom stereocenters. The SMILES string of the molecule is CN(C)c1ccc(CC(=O)N2CCc3cccc4c3C2CNC4=O)cc1. The fourth-order valence-electron chi connectivity index (χ4n) is 3.96. The summed E-state index contributed by atoms with van der Waals surface area (Å²) in [5, 5.41) is 2.93. The number of hydrogen-bond acceptors (Lipinski definition) is 3. The lowest BCUT2D eigenvalue weighted by atomic mass is 9.85. The van der Waals surface area contributed by atoms with E-state index in [1.54, 1.807) is 0 Å². The van der Waals surface area contributed by atoms with Crippen molar-refractivity contribution in [3.63, 3.8) is 0 Å². The minimum Gasteiger partial charge on any atom is -0.378 e. The Morgan fingerprint density at radius 2 is 1.96 bits per heavy atom. The second kappa shape index (κ2) is 6.48. The molecule has 4 rings (SSSR count). The second-order valence-corrected chi connectivity index (χ2v) is 7.18. The smallest absolute Gasteiger partial charge is 0.251 e. The first-order valence-electron chi connectivity index (χ1n) is 9.00. The molecule has 2 amide bonds. The van der Waals surface area contributed by atoms with Crippen molar-refractivity contribution in [2.45, 2.75) is 18.9 Å². The molecule has 1 unspecified atom stereocenters. The average Bonchev–Trinajstić information content (AvgIpc) is 2.65. The molecule has 0 fully saturated rings.